The van der Waals surface area contributed by atoms with Crippen molar-refractivity contribution in [2.45, 2.75) is 50.8 Å². The van der Waals surface area contributed by atoms with Crippen molar-refractivity contribution in [3.8, 4) is 5.75 Å². The summed E-state index contributed by atoms with van der Waals surface area (Å²) in [7, 11) is 3.26. The van der Waals surface area contributed by atoms with Gasteiger partial charge in [0.25, 0.3) is 0 Å². The highest BCUT2D eigenvalue weighted by molar-refractivity contribution is 5.78. The van der Waals surface area contributed by atoms with Gasteiger partial charge < -0.3 is 19.5 Å². The summed E-state index contributed by atoms with van der Waals surface area (Å²) in [6, 6.07) is 12.5. The van der Waals surface area contributed by atoms with Crippen LogP contribution >= 0.6 is 0 Å². The third kappa shape index (κ3) is 4.88. The Labute approximate surface area is 209 Å². The molecule has 2 aromatic rings. The van der Waals surface area contributed by atoms with Crippen molar-refractivity contribution in [3.63, 3.8) is 0 Å². The molecule has 1 fully saturated rings. The zero-order valence-corrected chi connectivity index (χ0v) is 21.4. The van der Waals surface area contributed by atoms with E-state index in [4.69, 9.17) is 14.2 Å². The number of piperidine rings is 1. The molecule has 6 nitrogen and oxygen atoms in total. The number of rotatable bonds is 9. The van der Waals surface area contributed by atoms with Gasteiger partial charge in [0, 0.05) is 19.1 Å². The Morgan fingerprint density at radius 1 is 1.14 bits per heavy atom. The van der Waals surface area contributed by atoms with Gasteiger partial charge in [-0.1, -0.05) is 36.4 Å². The van der Waals surface area contributed by atoms with Crippen LogP contribution in [-0.2, 0) is 26.2 Å². The molecule has 6 heteroatoms. The normalized spacial score (nSPS) is 21.0. The second-order valence-electron chi connectivity index (χ2n) is 9.72. The van der Waals surface area contributed by atoms with Crippen molar-refractivity contribution in [2.24, 2.45) is 0 Å². The monoisotopic (exact) mass is 478 g/mol. The van der Waals surface area contributed by atoms with Gasteiger partial charge in [-0.25, -0.2) is 0 Å². The third-order valence-electron chi connectivity index (χ3n) is 7.88. The van der Waals surface area contributed by atoms with Crippen LogP contribution in [0.1, 0.15) is 46.7 Å². The summed E-state index contributed by atoms with van der Waals surface area (Å²) >= 11 is 0. The summed E-state index contributed by atoms with van der Waals surface area (Å²) in [6.45, 7) is 11.5. The highest BCUT2D eigenvalue weighted by Crippen LogP contribution is 2.52. The van der Waals surface area contributed by atoms with E-state index in [1.807, 2.05) is 6.07 Å². The number of hydrogen-bond donors (Lipinski definition) is 1. The molecular formula is C29H38N2O4. The molecule has 1 saturated heterocycles. The molecule has 4 rings (SSSR count). The maximum atomic E-state index is 12.5. The van der Waals surface area contributed by atoms with E-state index in [0.717, 1.165) is 43.8 Å². The van der Waals surface area contributed by atoms with E-state index < -0.39 is 0 Å². The van der Waals surface area contributed by atoms with Gasteiger partial charge in [-0.05, 0) is 73.7 Å². The summed E-state index contributed by atoms with van der Waals surface area (Å²) in [6.07, 6.45) is 3.58. The summed E-state index contributed by atoms with van der Waals surface area (Å²) in [4.78, 5) is 15.1. The highest BCUT2D eigenvalue weighted by atomic mass is 16.5. The van der Waals surface area contributed by atoms with Gasteiger partial charge in [0.2, 0.25) is 5.91 Å². The van der Waals surface area contributed by atoms with Crippen LogP contribution in [-0.4, -0.2) is 57.4 Å². The number of methoxy groups -OCH3 is 2. The van der Waals surface area contributed by atoms with E-state index in [-0.39, 0.29) is 30.1 Å². The smallest absolute Gasteiger partial charge is 0.246 e. The molecule has 1 spiro atoms. The number of likely N-dealkylation sites (tertiary alicyclic amines) is 1. The second kappa shape index (κ2) is 10.9. The van der Waals surface area contributed by atoms with Crippen LogP contribution in [0.4, 0.5) is 0 Å². The molecule has 0 saturated carbocycles. The fourth-order valence-electron chi connectivity index (χ4n) is 5.93. The molecule has 1 aliphatic heterocycles. The fraction of sp³-hybridized carbons (Fsp3) is 0.483. The van der Waals surface area contributed by atoms with Crippen LogP contribution in [0.25, 0.3) is 0 Å². The van der Waals surface area contributed by atoms with E-state index in [0.29, 0.717) is 6.61 Å². The molecule has 188 valence electrons. The first kappa shape index (κ1) is 25.4. The van der Waals surface area contributed by atoms with E-state index >= 15 is 0 Å². The predicted octanol–water partition coefficient (Wildman–Crippen LogP) is 4.23. The lowest BCUT2D eigenvalue weighted by atomic mass is 9.71. The molecule has 2 aliphatic rings. The van der Waals surface area contributed by atoms with E-state index in [2.05, 4.69) is 61.0 Å². The van der Waals surface area contributed by atoms with Crippen LogP contribution in [0.3, 0.4) is 0 Å². The van der Waals surface area contributed by atoms with Crippen molar-refractivity contribution < 1.29 is 19.0 Å². The number of fused-ring (bicyclic) bond motifs is 2. The number of carbonyl (C=O) groups excluding carboxylic acids is 1. The number of ether oxygens (including phenoxy) is 3. The first-order valence-corrected chi connectivity index (χ1v) is 12.4. The van der Waals surface area contributed by atoms with Gasteiger partial charge >= 0.3 is 0 Å². The van der Waals surface area contributed by atoms with Crippen LogP contribution < -0.4 is 10.1 Å². The Morgan fingerprint density at radius 2 is 1.89 bits per heavy atom. The minimum atomic E-state index is -0.202. The second-order valence-corrected chi connectivity index (χ2v) is 9.72. The fourth-order valence-corrected chi connectivity index (χ4v) is 5.93. The summed E-state index contributed by atoms with van der Waals surface area (Å²) in [5.74, 6) is 0.814. The lowest BCUT2D eigenvalue weighted by Gasteiger charge is -2.44. The van der Waals surface area contributed by atoms with Crippen molar-refractivity contribution in [1.82, 2.24) is 10.2 Å². The maximum absolute atomic E-state index is 12.5. The number of hydrogen-bond acceptors (Lipinski definition) is 5. The Balaban J connectivity index is 1.57. The van der Waals surface area contributed by atoms with E-state index in [1.165, 1.54) is 29.4 Å². The van der Waals surface area contributed by atoms with Crippen molar-refractivity contribution in [3.05, 3.63) is 76.9 Å². The molecule has 1 N–H and O–H groups in total. The maximum Gasteiger partial charge on any atom is 0.246 e. The van der Waals surface area contributed by atoms with Crippen molar-refractivity contribution in [1.29, 1.82) is 0 Å². The highest BCUT2D eigenvalue weighted by Gasteiger charge is 2.54. The first-order chi connectivity index (χ1) is 16.9. The quantitative estimate of drug-likeness (QED) is 0.547. The number of benzene rings is 2. The molecule has 0 aromatic heterocycles. The third-order valence-corrected chi connectivity index (χ3v) is 7.88. The van der Waals surface area contributed by atoms with Crippen molar-refractivity contribution in [2.75, 3.05) is 40.5 Å². The Kier molecular flexibility index (Phi) is 7.95. The van der Waals surface area contributed by atoms with E-state index in [9.17, 15) is 4.79 Å². The van der Waals surface area contributed by atoms with Gasteiger partial charge in [-0.2, -0.15) is 0 Å². The molecule has 1 amide bonds. The van der Waals surface area contributed by atoms with Crippen LogP contribution in [0, 0.1) is 13.8 Å². The Bertz CT molecular complexity index is 1060. The minimum absolute atomic E-state index is 0.0360. The molecular weight excluding hydrogens is 440 g/mol. The molecule has 0 unspecified atom stereocenters. The Hall–Kier alpha value is -2.67. The van der Waals surface area contributed by atoms with Gasteiger partial charge in [0.05, 0.1) is 25.9 Å². The molecule has 1 heterocycles. The number of amides is 1. The summed E-state index contributed by atoms with van der Waals surface area (Å²) in [5, 5.41) is 3.19. The molecule has 35 heavy (non-hydrogen) atoms. The predicted molar refractivity (Wildman–Crippen MR) is 138 cm³/mol. The molecule has 0 bridgehead atoms. The minimum Gasteiger partial charge on any atom is -0.496 e. The topological polar surface area (TPSA) is 60.0 Å². The SMILES string of the molecule is C=CCO[C@H]1[C@H](NC(=O)COC)c2ccccc2C12CCN(Cc1ccc(OC)c(C)c1C)CC2. The summed E-state index contributed by atoms with van der Waals surface area (Å²) < 4.78 is 17.0. The lowest BCUT2D eigenvalue weighted by Crippen LogP contribution is -2.51. The lowest BCUT2D eigenvalue weighted by molar-refractivity contribution is -0.127. The van der Waals surface area contributed by atoms with E-state index in [1.54, 1.807) is 13.2 Å². The number of nitrogens with one attached hydrogen (secondary N) is 1. The average molecular weight is 479 g/mol. The largest absolute Gasteiger partial charge is 0.496 e. The molecule has 2 aromatic carbocycles. The average Bonchev–Trinajstić information content (AvgIpc) is 3.11. The van der Waals surface area contributed by atoms with Crippen molar-refractivity contribution >= 4 is 5.91 Å². The molecule has 1 aliphatic carbocycles. The Morgan fingerprint density at radius 3 is 2.57 bits per heavy atom. The van der Waals surface area contributed by atoms with Crippen LogP contribution in [0.2, 0.25) is 0 Å². The van der Waals surface area contributed by atoms with Crippen LogP contribution in [0.15, 0.2) is 49.1 Å². The number of carbonyl (C=O) groups is 1. The summed E-state index contributed by atoms with van der Waals surface area (Å²) in [5.41, 5.74) is 6.15. The number of nitrogens with zero attached hydrogens (tertiary/aromatic N) is 1. The zero-order chi connectivity index (χ0) is 25.0. The molecule has 2 atom stereocenters. The zero-order valence-electron chi connectivity index (χ0n) is 21.4. The van der Waals surface area contributed by atoms with Gasteiger partial charge in [0.1, 0.15) is 12.4 Å². The van der Waals surface area contributed by atoms with Gasteiger partial charge in [-0.15, -0.1) is 6.58 Å². The van der Waals surface area contributed by atoms with Gasteiger partial charge in [-0.3, -0.25) is 9.69 Å². The molecule has 0 radical (unpaired) electrons. The van der Waals surface area contributed by atoms with Crippen LogP contribution in [0.5, 0.6) is 5.75 Å². The van der Waals surface area contributed by atoms with Gasteiger partial charge in [0.15, 0.2) is 0 Å². The standard InChI is InChI=1S/C29H38N2O4/c1-6-17-35-28-27(30-26(32)19-33-4)23-9-7-8-10-24(23)29(28)13-15-31(16-14-29)18-22-11-12-25(34-5)21(3)20(22)2/h6-12,27-28H,1,13-19H2,2-5H3,(H,30,32)/t27-,28+/m1/s1. The first-order valence-electron chi connectivity index (χ1n) is 12.4.